The van der Waals surface area contributed by atoms with Crippen molar-refractivity contribution in [3.63, 3.8) is 0 Å². The Morgan fingerprint density at radius 3 is 2.65 bits per heavy atom. The Labute approximate surface area is 218 Å². The molecule has 1 amide bonds. The second kappa shape index (κ2) is 10.6. The van der Waals surface area contributed by atoms with E-state index in [1.807, 2.05) is 59.5 Å². The predicted octanol–water partition coefficient (Wildman–Crippen LogP) is 5.25. The first-order valence-electron chi connectivity index (χ1n) is 11.7. The normalized spacial score (nSPS) is 16.9. The van der Waals surface area contributed by atoms with E-state index in [4.69, 9.17) is 16.6 Å². The molecule has 2 aromatic carbocycles. The molecule has 1 fully saturated rings. The highest BCUT2D eigenvalue weighted by Crippen LogP contribution is 2.40. The number of nitrogens with one attached hydrogen (secondary N) is 2. The smallest absolute Gasteiger partial charge is 0.270 e. The van der Waals surface area contributed by atoms with Gasteiger partial charge in [-0.1, -0.05) is 36.4 Å². The number of non-ortho nitro benzene ring substituents is 1. The highest BCUT2D eigenvalue weighted by atomic mass is 32.1. The van der Waals surface area contributed by atoms with Crippen LogP contribution in [0.1, 0.15) is 30.0 Å². The van der Waals surface area contributed by atoms with Crippen LogP contribution < -0.4 is 10.6 Å². The maximum absolute atomic E-state index is 12.7. The molecule has 3 heterocycles. The van der Waals surface area contributed by atoms with Gasteiger partial charge in [-0.15, -0.1) is 0 Å². The molecule has 10 heteroatoms. The van der Waals surface area contributed by atoms with Crippen LogP contribution in [0.25, 0.3) is 11.3 Å². The molecule has 2 N–H and O–H groups in total. The number of aromatic nitrogens is 1. The van der Waals surface area contributed by atoms with Crippen LogP contribution in [0.4, 0.5) is 11.4 Å². The summed E-state index contributed by atoms with van der Waals surface area (Å²) in [5.41, 5.74) is 2.08. The van der Waals surface area contributed by atoms with Gasteiger partial charge >= 0.3 is 0 Å². The lowest BCUT2D eigenvalue weighted by atomic mass is 10.0. The highest BCUT2D eigenvalue weighted by molar-refractivity contribution is 7.80. The maximum Gasteiger partial charge on any atom is 0.270 e. The molecule has 0 unspecified atom stereocenters. The Bertz CT molecular complexity index is 1430. The molecule has 1 aliphatic rings. The summed E-state index contributed by atoms with van der Waals surface area (Å²) in [6.45, 7) is 0.353. The van der Waals surface area contributed by atoms with Crippen molar-refractivity contribution in [1.29, 1.82) is 0 Å². The molecule has 0 aliphatic carbocycles. The summed E-state index contributed by atoms with van der Waals surface area (Å²) in [4.78, 5) is 29.9. The molecule has 9 nitrogen and oxygen atoms in total. The van der Waals surface area contributed by atoms with Gasteiger partial charge in [0.1, 0.15) is 17.6 Å². The predicted molar refractivity (Wildman–Crippen MR) is 143 cm³/mol. The van der Waals surface area contributed by atoms with Gasteiger partial charge in [0, 0.05) is 42.5 Å². The molecule has 4 aromatic rings. The molecule has 2 atom stereocenters. The van der Waals surface area contributed by atoms with Crippen molar-refractivity contribution in [2.45, 2.75) is 18.5 Å². The fourth-order valence-corrected chi connectivity index (χ4v) is 4.69. The summed E-state index contributed by atoms with van der Waals surface area (Å²) in [6.07, 6.45) is 1.92. The van der Waals surface area contributed by atoms with Crippen molar-refractivity contribution in [3.05, 3.63) is 113 Å². The van der Waals surface area contributed by atoms with Gasteiger partial charge in [-0.05, 0) is 48.6 Å². The first kappa shape index (κ1) is 24.1. The van der Waals surface area contributed by atoms with Gasteiger partial charge in [-0.3, -0.25) is 19.9 Å². The number of nitro benzene ring substituents is 1. The molecular weight excluding hydrogens is 490 g/mol. The second-order valence-corrected chi connectivity index (χ2v) is 8.88. The van der Waals surface area contributed by atoms with E-state index in [1.54, 1.807) is 24.4 Å². The summed E-state index contributed by atoms with van der Waals surface area (Å²) in [5.74, 6) is 0.969. The maximum atomic E-state index is 12.7. The number of thiocarbonyl (C=S) groups is 1. The number of amides is 1. The van der Waals surface area contributed by atoms with Crippen molar-refractivity contribution in [1.82, 2.24) is 15.2 Å². The molecule has 37 heavy (non-hydrogen) atoms. The average Bonchev–Trinajstić information content (AvgIpc) is 3.53. The number of carbonyl (C=O) groups is 1. The Morgan fingerprint density at radius 1 is 1.08 bits per heavy atom. The number of para-hydroxylation sites is 1. The van der Waals surface area contributed by atoms with Crippen molar-refractivity contribution in [3.8, 4) is 11.3 Å². The molecule has 0 radical (unpaired) electrons. The second-order valence-electron chi connectivity index (χ2n) is 8.49. The van der Waals surface area contributed by atoms with Crippen LogP contribution in [0, 0.1) is 10.1 Å². The summed E-state index contributed by atoms with van der Waals surface area (Å²) < 4.78 is 6.23. The number of anilines is 1. The number of carbonyl (C=O) groups excluding carboxylic acids is 1. The minimum atomic E-state index is -0.438. The van der Waals surface area contributed by atoms with Crippen molar-refractivity contribution < 1.29 is 14.1 Å². The zero-order valence-electron chi connectivity index (χ0n) is 19.6. The fraction of sp³-hybridized carbons (Fsp3) is 0.148. The highest BCUT2D eigenvalue weighted by Gasteiger charge is 2.41. The number of furan rings is 1. The third-order valence-corrected chi connectivity index (χ3v) is 6.45. The standard InChI is InChI=1S/C27H23N5O4S/c33-24(29-19-8-2-1-3-9-19)14-16-31-26(25(30-27(31)37)21-11-4-5-15-28-21)23-13-12-22(36-23)18-7-6-10-20(17-18)32(34)35/h1-13,15,17,25-26H,14,16H2,(H,29,33)(H,30,37)/t25-,26-/m1/s1. The van der Waals surface area contributed by atoms with Crippen LogP contribution in [0.15, 0.2) is 95.5 Å². The summed E-state index contributed by atoms with van der Waals surface area (Å²) in [6, 6.07) is 24.1. The van der Waals surface area contributed by atoms with E-state index >= 15 is 0 Å². The number of nitro groups is 1. The van der Waals surface area contributed by atoms with E-state index in [9.17, 15) is 14.9 Å². The van der Waals surface area contributed by atoms with Crippen LogP contribution in [0.2, 0.25) is 0 Å². The van der Waals surface area contributed by atoms with E-state index < -0.39 is 4.92 Å². The third-order valence-electron chi connectivity index (χ3n) is 6.09. The summed E-state index contributed by atoms with van der Waals surface area (Å²) in [5, 5.41) is 17.9. The van der Waals surface area contributed by atoms with Crippen molar-refractivity contribution >= 4 is 34.6 Å². The molecule has 5 rings (SSSR count). The van der Waals surface area contributed by atoms with Crippen LogP contribution in [-0.2, 0) is 4.79 Å². The number of rotatable bonds is 8. The molecule has 0 bridgehead atoms. The molecule has 1 saturated heterocycles. The van der Waals surface area contributed by atoms with E-state index in [0.29, 0.717) is 28.7 Å². The third kappa shape index (κ3) is 5.34. The zero-order chi connectivity index (χ0) is 25.8. The number of pyridine rings is 1. The Kier molecular flexibility index (Phi) is 6.91. The molecule has 0 saturated carbocycles. The van der Waals surface area contributed by atoms with Crippen molar-refractivity contribution in [2.75, 3.05) is 11.9 Å². The molecule has 2 aromatic heterocycles. The van der Waals surface area contributed by atoms with Gasteiger partial charge in [0.25, 0.3) is 5.69 Å². The number of nitrogens with zero attached hydrogens (tertiary/aromatic N) is 3. The Morgan fingerprint density at radius 2 is 1.89 bits per heavy atom. The van der Waals surface area contributed by atoms with Crippen molar-refractivity contribution in [2.24, 2.45) is 0 Å². The lowest BCUT2D eigenvalue weighted by Gasteiger charge is -2.25. The van der Waals surface area contributed by atoms with Gasteiger partial charge in [0.05, 0.1) is 16.7 Å². The molecule has 0 spiro atoms. The summed E-state index contributed by atoms with van der Waals surface area (Å²) in [7, 11) is 0. The van der Waals surface area contributed by atoms with Crippen LogP contribution in [0.3, 0.4) is 0 Å². The molecule has 1 aliphatic heterocycles. The first-order valence-corrected chi connectivity index (χ1v) is 12.1. The largest absolute Gasteiger partial charge is 0.459 e. The minimum Gasteiger partial charge on any atom is -0.459 e. The zero-order valence-corrected chi connectivity index (χ0v) is 20.4. The van der Waals surface area contributed by atoms with Crippen LogP contribution >= 0.6 is 12.2 Å². The number of hydrogen-bond acceptors (Lipinski definition) is 6. The van der Waals surface area contributed by atoms with E-state index in [0.717, 1.165) is 11.4 Å². The van der Waals surface area contributed by atoms with Gasteiger partial charge in [-0.2, -0.15) is 0 Å². The quantitative estimate of drug-likeness (QED) is 0.187. The van der Waals surface area contributed by atoms with E-state index in [1.165, 1.54) is 12.1 Å². The van der Waals surface area contributed by atoms with Crippen LogP contribution in [-0.4, -0.2) is 32.4 Å². The van der Waals surface area contributed by atoms with E-state index in [2.05, 4.69) is 15.6 Å². The topological polar surface area (TPSA) is 114 Å². The lowest BCUT2D eigenvalue weighted by Crippen LogP contribution is -2.32. The lowest BCUT2D eigenvalue weighted by molar-refractivity contribution is -0.384. The molecular formula is C27H23N5O4S. The summed E-state index contributed by atoms with van der Waals surface area (Å²) >= 11 is 5.66. The minimum absolute atomic E-state index is 0.0171. The van der Waals surface area contributed by atoms with Gasteiger partial charge in [0.15, 0.2) is 5.11 Å². The number of benzene rings is 2. The molecule has 186 valence electrons. The monoisotopic (exact) mass is 513 g/mol. The van der Waals surface area contributed by atoms with Gasteiger partial charge in [0.2, 0.25) is 5.91 Å². The van der Waals surface area contributed by atoms with Gasteiger partial charge < -0.3 is 20.0 Å². The number of hydrogen-bond donors (Lipinski definition) is 2. The van der Waals surface area contributed by atoms with Crippen LogP contribution in [0.5, 0.6) is 0 Å². The Balaban J connectivity index is 1.42. The van der Waals surface area contributed by atoms with Gasteiger partial charge in [-0.25, -0.2) is 0 Å². The Hall–Kier alpha value is -4.57. The van der Waals surface area contributed by atoms with E-state index in [-0.39, 0.29) is 30.1 Å². The fourth-order valence-electron chi connectivity index (χ4n) is 4.36. The SMILES string of the molecule is O=C(CCN1C(=S)N[C@H](c2ccccn2)[C@H]1c1ccc(-c2cccc([N+](=O)[O-])c2)o1)Nc1ccccc1. The average molecular weight is 514 g/mol. The first-order chi connectivity index (χ1) is 18.0.